The van der Waals surface area contributed by atoms with Crippen LogP contribution in [0, 0.1) is 0 Å². The predicted molar refractivity (Wildman–Crippen MR) is 85.0 cm³/mol. The van der Waals surface area contributed by atoms with E-state index < -0.39 is 17.7 Å². The number of nitrogens with zero attached hydrogens (tertiary/aromatic N) is 1. The number of aliphatic hydroxyl groups excluding tert-OH is 2. The number of methoxy groups -OCH3 is 1. The van der Waals surface area contributed by atoms with Gasteiger partial charge in [-0.2, -0.15) is 0 Å². The molecular weight excluding hydrogens is 310 g/mol. The first-order chi connectivity index (χ1) is 11.6. The fourth-order valence-corrected chi connectivity index (χ4v) is 4.89. The number of aliphatic hydroxyl groups is 2. The van der Waals surface area contributed by atoms with Crippen LogP contribution in [0.25, 0.3) is 0 Å². The highest BCUT2D eigenvalue weighted by Gasteiger charge is 2.56. The van der Waals surface area contributed by atoms with E-state index in [9.17, 15) is 10.2 Å². The molecule has 0 amide bonds. The van der Waals surface area contributed by atoms with E-state index in [0.29, 0.717) is 13.0 Å². The second kappa shape index (κ2) is 4.95. The Balaban J connectivity index is 1.73. The summed E-state index contributed by atoms with van der Waals surface area (Å²) in [5.74, 6) is 1.55. The molecule has 6 heteroatoms. The first-order valence-electron chi connectivity index (χ1n) is 8.42. The Hall–Kier alpha value is -1.60. The zero-order valence-electron chi connectivity index (χ0n) is 13.6. The summed E-state index contributed by atoms with van der Waals surface area (Å²) in [6.07, 6.45) is 1.78. The topological polar surface area (TPSA) is 71.4 Å². The minimum atomic E-state index is -0.690. The van der Waals surface area contributed by atoms with Crippen molar-refractivity contribution in [3.63, 3.8) is 0 Å². The number of rotatable bonds is 1. The summed E-state index contributed by atoms with van der Waals surface area (Å²) in [7, 11) is 1.63. The Kier molecular flexibility index (Phi) is 3.04. The van der Waals surface area contributed by atoms with Crippen molar-refractivity contribution in [2.45, 2.75) is 36.7 Å². The van der Waals surface area contributed by atoms with Crippen molar-refractivity contribution in [3.05, 3.63) is 34.9 Å². The van der Waals surface area contributed by atoms with Gasteiger partial charge in [0.25, 0.3) is 0 Å². The molecule has 1 spiro atoms. The van der Waals surface area contributed by atoms with Crippen LogP contribution in [0.2, 0.25) is 0 Å². The van der Waals surface area contributed by atoms with Crippen LogP contribution >= 0.6 is 0 Å². The number of hydrogen-bond acceptors (Lipinski definition) is 6. The van der Waals surface area contributed by atoms with E-state index in [0.717, 1.165) is 35.6 Å². The minimum absolute atomic E-state index is 0.250. The Bertz CT molecular complexity index is 732. The molecule has 6 nitrogen and oxygen atoms in total. The standard InChI is InChI=1S/C18H21NO5/c1-22-17-7-18-11-6-16-15(23-9-24-16)4-10(11)2-3-19(18)8-14(21)12(18)5-13(17)20/h4-6,13-14,17,20-21H,2-3,7-9H2,1H3. The fraction of sp³-hybridized carbons (Fsp3) is 0.556. The van der Waals surface area contributed by atoms with Crippen molar-refractivity contribution in [2.24, 2.45) is 0 Å². The van der Waals surface area contributed by atoms with Crippen LogP contribution in [0.15, 0.2) is 23.8 Å². The molecule has 0 aromatic heterocycles. The molecule has 1 fully saturated rings. The summed E-state index contributed by atoms with van der Waals surface area (Å²) in [4.78, 5) is 2.33. The van der Waals surface area contributed by atoms with Gasteiger partial charge in [-0.25, -0.2) is 0 Å². The fourth-order valence-electron chi connectivity index (χ4n) is 4.89. The smallest absolute Gasteiger partial charge is 0.231 e. The lowest BCUT2D eigenvalue weighted by Crippen LogP contribution is -2.53. The molecule has 2 N–H and O–H groups in total. The molecule has 1 aromatic rings. The van der Waals surface area contributed by atoms with Crippen molar-refractivity contribution in [1.29, 1.82) is 0 Å². The molecular formula is C18H21NO5. The molecule has 0 radical (unpaired) electrons. The van der Waals surface area contributed by atoms with Gasteiger partial charge in [0, 0.05) is 26.6 Å². The third kappa shape index (κ3) is 1.74. The summed E-state index contributed by atoms with van der Waals surface area (Å²) in [6.45, 7) is 1.70. The molecule has 3 heterocycles. The highest BCUT2D eigenvalue weighted by Crippen LogP contribution is 2.54. The second-order valence-electron chi connectivity index (χ2n) is 7.03. The van der Waals surface area contributed by atoms with Gasteiger partial charge < -0.3 is 24.4 Å². The van der Waals surface area contributed by atoms with Crippen LogP contribution in [-0.2, 0) is 16.7 Å². The number of ether oxygens (including phenoxy) is 3. The monoisotopic (exact) mass is 331 g/mol. The lowest BCUT2D eigenvalue weighted by molar-refractivity contribution is -0.0345. The van der Waals surface area contributed by atoms with Crippen molar-refractivity contribution < 1.29 is 24.4 Å². The number of hydrogen-bond donors (Lipinski definition) is 2. The minimum Gasteiger partial charge on any atom is -0.454 e. The lowest BCUT2D eigenvalue weighted by atomic mass is 9.70. The zero-order valence-corrected chi connectivity index (χ0v) is 13.6. The van der Waals surface area contributed by atoms with Gasteiger partial charge in [-0.1, -0.05) is 0 Å². The molecule has 4 unspecified atom stereocenters. The second-order valence-corrected chi connectivity index (χ2v) is 7.03. The first-order valence-corrected chi connectivity index (χ1v) is 8.42. The SMILES string of the molecule is COC1CC23C(=CC1O)C(O)CN2CCc1cc2c(cc13)OCO2. The van der Waals surface area contributed by atoms with Crippen LogP contribution in [0.3, 0.4) is 0 Å². The molecule has 4 aliphatic rings. The summed E-state index contributed by atoms with van der Waals surface area (Å²) >= 11 is 0. The normalized spacial score (nSPS) is 36.8. The molecule has 1 aliphatic carbocycles. The van der Waals surface area contributed by atoms with Gasteiger partial charge in [0.15, 0.2) is 11.5 Å². The van der Waals surface area contributed by atoms with E-state index in [2.05, 4.69) is 17.0 Å². The summed E-state index contributed by atoms with van der Waals surface area (Å²) in [6, 6.07) is 4.12. The van der Waals surface area contributed by atoms with E-state index in [-0.39, 0.29) is 12.9 Å². The molecule has 3 aliphatic heterocycles. The quantitative estimate of drug-likeness (QED) is 0.733. The zero-order chi connectivity index (χ0) is 16.5. The van der Waals surface area contributed by atoms with Gasteiger partial charge in [-0.3, -0.25) is 4.90 Å². The van der Waals surface area contributed by atoms with Crippen molar-refractivity contribution in [1.82, 2.24) is 4.90 Å². The molecule has 0 bridgehead atoms. The lowest BCUT2D eigenvalue weighted by Gasteiger charge is -2.48. The van der Waals surface area contributed by atoms with Gasteiger partial charge in [0.2, 0.25) is 6.79 Å². The average Bonchev–Trinajstić information content (AvgIpc) is 3.14. The Morgan fingerprint density at radius 1 is 1.25 bits per heavy atom. The maximum atomic E-state index is 10.6. The molecule has 5 rings (SSSR count). The molecule has 1 saturated heterocycles. The first kappa shape index (κ1) is 14.7. The van der Waals surface area contributed by atoms with E-state index in [1.54, 1.807) is 13.2 Å². The van der Waals surface area contributed by atoms with Crippen LogP contribution < -0.4 is 9.47 Å². The molecule has 1 aromatic carbocycles. The third-order valence-corrected chi connectivity index (χ3v) is 6.00. The third-order valence-electron chi connectivity index (χ3n) is 6.00. The van der Waals surface area contributed by atoms with Crippen LogP contribution in [0.5, 0.6) is 11.5 Å². The van der Waals surface area contributed by atoms with Crippen LogP contribution in [0.4, 0.5) is 0 Å². The van der Waals surface area contributed by atoms with Crippen molar-refractivity contribution in [2.75, 3.05) is 27.0 Å². The molecule has 4 atom stereocenters. The van der Waals surface area contributed by atoms with Gasteiger partial charge in [0.1, 0.15) is 0 Å². The number of benzene rings is 1. The Morgan fingerprint density at radius 2 is 2.04 bits per heavy atom. The van der Waals surface area contributed by atoms with Gasteiger partial charge in [-0.05, 0) is 41.3 Å². The highest BCUT2D eigenvalue weighted by molar-refractivity contribution is 5.57. The van der Waals surface area contributed by atoms with Crippen LogP contribution in [0.1, 0.15) is 17.5 Å². The predicted octanol–water partition coefficient (Wildman–Crippen LogP) is 0.549. The maximum Gasteiger partial charge on any atom is 0.231 e. The molecule has 128 valence electrons. The Morgan fingerprint density at radius 3 is 2.83 bits per heavy atom. The van der Waals surface area contributed by atoms with E-state index in [4.69, 9.17) is 14.2 Å². The number of fused-ring (bicyclic) bond motifs is 2. The molecule has 24 heavy (non-hydrogen) atoms. The largest absolute Gasteiger partial charge is 0.454 e. The summed E-state index contributed by atoms with van der Waals surface area (Å²) in [5.41, 5.74) is 2.84. The van der Waals surface area contributed by atoms with Gasteiger partial charge >= 0.3 is 0 Å². The van der Waals surface area contributed by atoms with Gasteiger partial charge in [0.05, 0.1) is 23.9 Å². The summed E-state index contributed by atoms with van der Waals surface area (Å²) in [5, 5.41) is 21.0. The maximum absolute atomic E-state index is 10.6. The van der Waals surface area contributed by atoms with Crippen molar-refractivity contribution >= 4 is 0 Å². The van der Waals surface area contributed by atoms with Crippen LogP contribution in [-0.4, -0.2) is 60.4 Å². The highest BCUT2D eigenvalue weighted by atomic mass is 16.7. The van der Waals surface area contributed by atoms with E-state index >= 15 is 0 Å². The average molecular weight is 331 g/mol. The Labute approximate surface area is 140 Å². The molecule has 0 saturated carbocycles. The summed E-state index contributed by atoms with van der Waals surface area (Å²) < 4.78 is 16.7. The van der Waals surface area contributed by atoms with E-state index in [1.165, 1.54) is 5.56 Å². The van der Waals surface area contributed by atoms with E-state index in [1.807, 2.05) is 0 Å². The van der Waals surface area contributed by atoms with Gasteiger partial charge in [-0.15, -0.1) is 0 Å². The van der Waals surface area contributed by atoms with Crippen molar-refractivity contribution in [3.8, 4) is 11.5 Å².